The normalized spacial score (nSPS) is 12.4. The molecule has 0 atom stereocenters. The lowest BCUT2D eigenvalue weighted by Gasteiger charge is -2.39. The van der Waals surface area contributed by atoms with Crippen LogP contribution in [0.25, 0.3) is 0 Å². The maximum absolute atomic E-state index is 2.47. The van der Waals surface area contributed by atoms with Gasteiger partial charge in [-0.25, -0.2) is 0 Å². The summed E-state index contributed by atoms with van der Waals surface area (Å²) in [5.41, 5.74) is 3.88. The van der Waals surface area contributed by atoms with Crippen LogP contribution in [0.5, 0.6) is 0 Å². The molecule has 0 spiro atoms. The molecular formula is C33H39NSi. The molecule has 180 valence electrons. The van der Waals surface area contributed by atoms with Crippen LogP contribution in [0.15, 0.2) is 109 Å². The molecule has 0 bridgehead atoms. The second-order valence-electron chi connectivity index (χ2n) is 11.7. The van der Waals surface area contributed by atoms with Crippen LogP contribution in [-0.4, -0.2) is 13.6 Å². The molecule has 35 heavy (non-hydrogen) atoms. The quantitative estimate of drug-likeness (QED) is 0.220. The average Bonchev–Trinajstić information content (AvgIpc) is 2.84. The summed E-state index contributed by atoms with van der Waals surface area (Å²) in [6, 6.07) is 40.5. The fraction of sp³-hybridized carbons (Fsp3) is 0.273. The number of rotatable bonds is 5. The molecule has 0 aliphatic carbocycles. The van der Waals surface area contributed by atoms with E-state index in [1.807, 2.05) is 0 Å². The Kier molecular flexibility index (Phi) is 6.79. The van der Waals surface area contributed by atoms with Crippen LogP contribution in [0.3, 0.4) is 0 Å². The average molecular weight is 478 g/mol. The highest BCUT2D eigenvalue weighted by atomic mass is 28.3. The molecule has 4 aromatic rings. The maximum atomic E-state index is 2.47. The molecule has 1 nitrogen and oxygen atoms in total. The standard InChI is InChI=1S/C33H39NSi/c1-32(2,3)26-15-14-16-28(25-26)34(33(4,5)6)27-21-23-31(24-22-27)35(7,29-17-10-8-11-18-29)30-19-12-9-13-20-30/h8-25H,1-7H3. The molecule has 0 aromatic heterocycles. The molecule has 0 aliphatic heterocycles. The van der Waals surface area contributed by atoms with Gasteiger partial charge in [0, 0.05) is 16.9 Å². The van der Waals surface area contributed by atoms with Gasteiger partial charge in [0.25, 0.3) is 0 Å². The smallest absolute Gasteiger partial charge is 0.145 e. The van der Waals surface area contributed by atoms with Crippen molar-refractivity contribution in [3.8, 4) is 0 Å². The topological polar surface area (TPSA) is 3.24 Å². The van der Waals surface area contributed by atoms with Crippen molar-refractivity contribution in [3.63, 3.8) is 0 Å². The largest absolute Gasteiger partial charge is 0.336 e. The van der Waals surface area contributed by atoms with Crippen molar-refractivity contribution in [1.29, 1.82) is 0 Å². The molecule has 0 heterocycles. The lowest BCUT2D eigenvalue weighted by molar-refractivity contribution is 0.557. The summed E-state index contributed by atoms with van der Waals surface area (Å²) in [4.78, 5) is 2.47. The van der Waals surface area contributed by atoms with Crippen LogP contribution < -0.4 is 20.5 Å². The fourth-order valence-electron chi connectivity index (χ4n) is 5.02. The Labute approximate surface area is 213 Å². The molecular weight excluding hydrogens is 438 g/mol. The Morgan fingerprint density at radius 2 is 1.00 bits per heavy atom. The van der Waals surface area contributed by atoms with Gasteiger partial charge in [0.2, 0.25) is 0 Å². The molecule has 0 saturated heterocycles. The highest BCUT2D eigenvalue weighted by Gasteiger charge is 2.34. The lowest BCUT2D eigenvalue weighted by Crippen LogP contribution is -2.64. The molecule has 0 aliphatic rings. The van der Waals surface area contributed by atoms with Gasteiger partial charge in [-0.3, -0.25) is 0 Å². The lowest BCUT2D eigenvalue weighted by atomic mass is 9.86. The molecule has 4 rings (SSSR count). The van der Waals surface area contributed by atoms with E-state index in [9.17, 15) is 0 Å². The van der Waals surface area contributed by atoms with Gasteiger partial charge in [-0.05, 0) is 71.6 Å². The zero-order chi connectivity index (χ0) is 25.3. The summed E-state index contributed by atoms with van der Waals surface area (Å²) in [5.74, 6) is 0. The van der Waals surface area contributed by atoms with Gasteiger partial charge >= 0.3 is 0 Å². The monoisotopic (exact) mass is 477 g/mol. The SMILES string of the molecule is CC(C)(C)c1cccc(N(c2ccc([Si](C)(c3ccccc3)c3ccccc3)cc2)C(C)(C)C)c1. The first-order valence-corrected chi connectivity index (χ1v) is 15.1. The van der Waals surface area contributed by atoms with Gasteiger partial charge in [-0.15, -0.1) is 0 Å². The Bertz CT molecular complexity index is 1210. The highest BCUT2D eigenvalue weighted by molar-refractivity contribution is 7.10. The van der Waals surface area contributed by atoms with E-state index in [1.54, 1.807) is 0 Å². The summed E-state index contributed by atoms with van der Waals surface area (Å²) in [7, 11) is -2.11. The second kappa shape index (κ2) is 9.51. The van der Waals surface area contributed by atoms with Crippen LogP contribution in [0, 0.1) is 0 Å². The Morgan fingerprint density at radius 3 is 1.46 bits per heavy atom. The predicted octanol–water partition coefficient (Wildman–Crippen LogP) is 7.02. The molecule has 2 heteroatoms. The molecule has 0 N–H and O–H groups in total. The summed E-state index contributed by atoms with van der Waals surface area (Å²) < 4.78 is 0. The first kappa shape index (κ1) is 25.0. The van der Waals surface area contributed by atoms with Crippen molar-refractivity contribution in [3.05, 3.63) is 115 Å². The van der Waals surface area contributed by atoms with Crippen LogP contribution >= 0.6 is 0 Å². The van der Waals surface area contributed by atoms with Crippen molar-refractivity contribution < 1.29 is 0 Å². The van der Waals surface area contributed by atoms with E-state index >= 15 is 0 Å². The molecule has 0 amide bonds. The van der Waals surface area contributed by atoms with Gasteiger partial charge in [0.1, 0.15) is 8.07 Å². The first-order valence-electron chi connectivity index (χ1n) is 12.6. The van der Waals surface area contributed by atoms with Gasteiger partial charge in [-0.2, -0.15) is 0 Å². The van der Waals surface area contributed by atoms with Crippen LogP contribution in [0.4, 0.5) is 11.4 Å². The third-order valence-electron chi connectivity index (χ3n) is 7.05. The number of nitrogens with zero attached hydrogens (tertiary/aromatic N) is 1. The van der Waals surface area contributed by atoms with E-state index in [2.05, 4.69) is 162 Å². The summed E-state index contributed by atoms with van der Waals surface area (Å²) >= 11 is 0. The van der Waals surface area contributed by atoms with Crippen molar-refractivity contribution >= 4 is 35.0 Å². The van der Waals surface area contributed by atoms with Crippen molar-refractivity contribution in [2.24, 2.45) is 0 Å². The van der Waals surface area contributed by atoms with E-state index in [-0.39, 0.29) is 11.0 Å². The van der Waals surface area contributed by atoms with Crippen molar-refractivity contribution in [2.45, 2.75) is 59.0 Å². The van der Waals surface area contributed by atoms with E-state index in [0.29, 0.717) is 0 Å². The third-order valence-corrected chi connectivity index (χ3v) is 11.5. The zero-order valence-corrected chi connectivity index (χ0v) is 23.3. The Morgan fingerprint density at radius 1 is 0.514 bits per heavy atom. The van der Waals surface area contributed by atoms with Crippen molar-refractivity contribution in [1.82, 2.24) is 0 Å². The van der Waals surface area contributed by atoms with E-state index in [0.717, 1.165) is 0 Å². The third kappa shape index (κ3) is 5.13. The highest BCUT2D eigenvalue weighted by Crippen LogP contribution is 2.35. The number of hydrogen-bond acceptors (Lipinski definition) is 1. The van der Waals surface area contributed by atoms with E-state index < -0.39 is 8.07 Å². The summed E-state index contributed by atoms with van der Waals surface area (Å²) in [6.07, 6.45) is 0. The van der Waals surface area contributed by atoms with Crippen LogP contribution in [0.2, 0.25) is 6.55 Å². The van der Waals surface area contributed by atoms with Gasteiger partial charge in [-0.1, -0.05) is 112 Å². The van der Waals surface area contributed by atoms with Crippen molar-refractivity contribution in [2.75, 3.05) is 4.90 Å². The number of anilines is 2. The summed E-state index contributed by atoms with van der Waals surface area (Å²) in [5, 5.41) is 4.30. The van der Waals surface area contributed by atoms with E-state index in [1.165, 1.54) is 32.5 Å². The van der Waals surface area contributed by atoms with Crippen LogP contribution in [-0.2, 0) is 5.41 Å². The minimum absolute atomic E-state index is 0.0579. The molecule has 0 radical (unpaired) electrons. The molecule has 4 aromatic carbocycles. The maximum Gasteiger partial charge on any atom is 0.145 e. The Hall–Kier alpha value is -3.10. The number of hydrogen-bond donors (Lipinski definition) is 0. The van der Waals surface area contributed by atoms with Gasteiger partial charge in [0.15, 0.2) is 0 Å². The van der Waals surface area contributed by atoms with Gasteiger partial charge in [0.05, 0.1) is 0 Å². The molecule has 0 fully saturated rings. The number of benzene rings is 4. The molecule has 0 saturated carbocycles. The van der Waals surface area contributed by atoms with E-state index in [4.69, 9.17) is 0 Å². The van der Waals surface area contributed by atoms with Gasteiger partial charge < -0.3 is 4.90 Å². The Balaban J connectivity index is 1.81. The first-order chi connectivity index (χ1) is 16.5. The minimum Gasteiger partial charge on any atom is -0.336 e. The summed E-state index contributed by atoms with van der Waals surface area (Å²) in [6.45, 7) is 16.2. The van der Waals surface area contributed by atoms with Crippen LogP contribution in [0.1, 0.15) is 47.1 Å². The minimum atomic E-state index is -2.11. The molecule has 0 unspecified atom stereocenters. The predicted molar refractivity (Wildman–Crippen MR) is 157 cm³/mol. The fourth-order valence-corrected chi connectivity index (χ4v) is 8.57. The second-order valence-corrected chi connectivity index (χ2v) is 15.7. The zero-order valence-electron chi connectivity index (χ0n) is 22.3.